The molecule has 0 spiro atoms. The highest BCUT2D eigenvalue weighted by Crippen LogP contribution is 2.29. The predicted octanol–water partition coefficient (Wildman–Crippen LogP) is 4.47. The molecular weight excluding hydrogens is 420 g/mol. The normalized spacial score (nSPS) is 11.2. The molecule has 156 valence electrons. The Bertz CT molecular complexity index is 1150. The number of aryl methyl sites for hydroxylation is 2. The maximum Gasteiger partial charge on any atom is 0.264 e. The quantitative estimate of drug-likeness (QED) is 0.587. The summed E-state index contributed by atoms with van der Waals surface area (Å²) in [5, 5.41) is 3.21. The van der Waals surface area contributed by atoms with Crippen LogP contribution in [0.25, 0.3) is 0 Å². The van der Waals surface area contributed by atoms with Gasteiger partial charge in [-0.2, -0.15) is 0 Å². The molecule has 1 amide bonds. The number of nitrogens with one attached hydrogen (secondary N) is 1. The molecule has 1 N–H and O–H groups in total. The van der Waals surface area contributed by atoms with Gasteiger partial charge in [0.05, 0.1) is 10.6 Å². The maximum absolute atomic E-state index is 13.4. The predicted molar refractivity (Wildman–Crippen MR) is 120 cm³/mol. The van der Waals surface area contributed by atoms with E-state index in [1.165, 1.54) is 12.1 Å². The van der Waals surface area contributed by atoms with E-state index >= 15 is 0 Å². The van der Waals surface area contributed by atoms with E-state index in [0.29, 0.717) is 22.8 Å². The van der Waals surface area contributed by atoms with Crippen LogP contribution in [-0.2, 0) is 21.4 Å². The lowest BCUT2D eigenvalue weighted by Crippen LogP contribution is -2.41. The second kappa shape index (κ2) is 9.32. The summed E-state index contributed by atoms with van der Waals surface area (Å²) in [6.07, 6.45) is 0. The van der Waals surface area contributed by atoms with Crippen LogP contribution < -0.4 is 9.62 Å². The van der Waals surface area contributed by atoms with Crippen LogP contribution in [0, 0.1) is 13.8 Å². The number of rotatable bonds is 7. The number of nitrogens with zero attached hydrogens (tertiary/aromatic N) is 1. The van der Waals surface area contributed by atoms with E-state index in [9.17, 15) is 13.2 Å². The lowest BCUT2D eigenvalue weighted by atomic mass is 10.1. The average molecular weight is 443 g/mol. The molecule has 0 aliphatic heterocycles. The molecule has 0 aromatic heterocycles. The van der Waals surface area contributed by atoms with Crippen molar-refractivity contribution in [2.75, 3.05) is 10.8 Å². The standard InChI is InChI=1S/C23H23ClN2O3S/c1-17-8-6-7-9-19(17)15-25-23(27)16-26(22-14-20(24)13-12-18(22)2)30(28,29)21-10-4-3-5-11-21/h3-14H,15-16H2,1-2H3,(H,25,27). The molecule has 0 bridgehead atoms. The molecule has 3 rings (SSSR count). The van der Waals surface area contributed by atoms with Gasteiger partial charge in [-0.25, -0.2) is 8.42 Å². The molecule has 3 aromatic rings. The van der Waals surface area contributed by atoms with Crippen molar-refractivity contribution in [2.45, 2.75) is 25.3 Å². The lowest BCUT2D eigenvalue weighted by molar-refractivity contribution is -0.119. The van der Waals surface area contributed by atoms with E-state index in [1.54, 1.807) is 43.3 Å². The highest BCUT2D eigenvalue weighted by molar-refractivity contribution is 7.92. The fraction of sp³-hybridized carbons (Fsp3) is 0.174. The summed E-state index contributed by atoms with van der Waals surface area (Å²) in [7, 11) is -3.97. The van der Waals surface area contributed by atoms with E-state index in [-0.39, 0.29) is 11.4 Å². The Hall–Kier alpha value is -2.83. The molecule has 0 atom stereocenters. The van der Waals surface area contributed by atoms with Gasteiger partial charge in [0.15, 0.2) is 0 Å². The summed E-state index contributed by atoms with van der Waals surface area (Å²) in [4.78, 5) is 12.8. The van der Waals surface area contributed by atoms with Gasteiger partial charge in [0, 0.05) is 11.6 Å². The van der Waals surface area contributed by atoms with Gasteiger partial charge in [-0.05, 0) is 54.8 Å². The van der Waals surface area contributed by atoms with Crippen molar-refractivity contribution >= 4 is 33.2 Å². The van der Waals surface area contributed by atoms with Crippen molar-refractivity contribution in [2.24, 2.45) is 0 Å². The second-order valence-corrected chi connectivity index (χ2v) is 9.26. The minimum Gasteiger partial charge on any atom is -0.350 e. The highest BCUT2D eigenvalue weighted by atomic mass is 35.5. The van der Waals surface area contributed by atoms with E-state index in [0.717, 1.165) is 15.4 Å². The number of carbonyl (C=O) groups excluding carboxylic acids is 1. The Balaban J connectivity index is 1.91. The number of sulfonamides is 1. The molecule has 0 heterocycles. The van der Waals surface area contributed by atoms with Crippen LogP contribution in [0.4, 0.5) is 5.69 Å². The van der Waals surface area contributed by atoms with Gasteiger partial charge in [-0.15, -0.1) is 0 Å². The maximum atomic E-state index is 13.4. The van der Waals surface area contributed by atoms with Crippen LogP contribution in [0.5, 0.6) is 0 Å². The van der Waals surface area contributed by atoms with Gasteiger partial charge >= 0.3 is 0 Å². The van der Waals surface area contributed by atoms with Crippen molar-refractivity contribution in [3.63, 3.8) is 0 Å². The lowest BCUT2D eigenvalue weighted by Gasteiger charge is -2.26. The number of hydrogen-bond acceptors (Lipinski definition) is 3. The molecule has 0 aliphatic rings. The van der Waals surface area contributed by atoms with Gasteiger partial charge in [-0.3, -0.25) is 9.10 Å². The minimum atomic E-state index is -3.97. The zero-order chi connectivity index (χ0) is 21.7. The van der Waals surface area contributed by atoms with Gasteiger partial charge in [-0.1, -0.05) is 60.1 Å². The smallest absolute Gasteiger partial charge is 0.264 e. The van der Waals surface area contributed by atoms with Crippen LogP contribution in [0.15, 0.2) is 77.7 Å². The molecule has 0 saturated carbocycles. The monoisotopic (exact) mass is 442 g/mol. The molecule has 0 fully saturated rings. The third-order valence-electron chi connectivity index (χ3n) is 4.80. The Kier molecular flexibility index (Phi) is 6.80. The number of benzene rings is 3. The number of amides is 1. The zero-order valence-corrected chi connectivity index (χ0v) is 18.4. The Morgan fingerprint density at radius 3 is 2.30 bits per heavy atom. The molecular formula is C23H23ClN2O3S. The molecule has 0 radical (unpaired) electrons. The molecule has 5 nitrogen and oxygen atoms in total. The SMILES string of the molecule is Cc1ccccc1CNC(=O)CN(c1cc(Cl)ccc1C)S(=O)(=O)c1ccccc1. The van der Waals surface area contributed by atoms with Crippen LogP contribution in [0.3, 0.4) is 0 Å². The molecule has 3 aromatic carbocycles. The molecule has 0 unspecified atom stereocenters. The largest absolute Gasteiger partial charge is 0.350 e. The van der Waals surface area contributed by atoms with Crippen molar-refractivity contribution in [1.29, 1.82) is 0 Å². The van der Waals surface area contributed by atoms with E-state index in [4.69, 9.17) is 11.6 Å². The van der Waals surface area contributed by atoms with Gasteiger partial charge in [0.1, 0.15) is 6.54 Å². The topological polar surface area (TPSA) is 66.5 Å². The first-order chi connectivity index (χ1) is 14.3. The van der Waals surface area contributed by atoms with Crippen molar-refractivity contribution in [1.82, 2.24) is 5.32 Å². The summed E-state index contributed by atoms with van der Waals surface area (Å²) in [6, 6.07) is 20.7. The second-order valence-electron chi connectivity index (χ2n) is 6.96. The Morgan fingerprint density at radius 2 is 1.60 bits per heavy atom. The third-order valence-corrected chi connectivity index (χ3v) is 6.80. The fourth-order valence-corrected chi connectivity index (χ4v) is 4.72. The van der Waals surface area contributed by atoms with Gasteiger partial charge in [0.2, 0.25) is 5.91 Å². The summed E-state index contributed by atoms with van der Waals surface area (Å²) in [5.74, 6) is -0.405. The zero-order valence-electron chi connectivity index (χ0n) is 16.8. The van der Waals surface area contributed by atoms with Crippen LogP contribution in [0.1, 0.15) is 16.7 Å². The molecule has 0 saturated heterocycles. The van der Waals surface area contributed by atoms with Gasteiger partial charge < -0.3 is 5.32 Å². The van der Waals surface area contributed by atoms with Gasteiger partial charge in [0.25, 0.3) is 10.0 Å². The van der Waals surface area contributed by atoms with Crippen molar-refractivity contribution in [3.05, 3.63) is 94.5 Å². The van der Waals surface area contributed by atoms with E-state index in [2.05, 4.69) is 5.32 Å². The molecule has 30 heavy (non-hydrogen) atoms. The summed E-state index contributed by atoms with van der Waals surface area (Å²) < 4.78 is 27.8. The summed E-state index contributed by atoms with van der Waals surface area (Å²) >= 11 is 6.13. The Morgan fingerprint density at radius 1 is 0.933 bits per heavy atom. The number of carbonyl (C=O) groups is 1. The number of anilines is 1. The average Bonchev–Trinajstić information content (AvgIpc) is 2.74. The first-order valence-corrected chi connectivity index (χ1v) is 11.3. The Labute approximate surface area is 182 Å². The summed E-state index contributed by atoms with van der Waals surface area (Å²) in [6.45, 7) is 3.71. The third kappa shape index (κ3) is 5.01. The van der Waals surface area contributed by atoms with Crippen LogP contribution in [0.2, 0.25) is 5.02 Å². The van der Waals surface area contributed by atoms with Crippen LogP contribution >= 0.6 is 11.6 Å². The number of halogens is 1. The first-order valence-electron chi connectivity index (χ1n) is 9.44. The van der Waals surface area contributed by atoms with Crippen molar-refractivity contribution in [3.8, 4) is 0 Å². The van der Waals surface area contributed by atoms with Crippen molar-refractivity contribution < 1.29 is 13.2 Å². The van der Waals surface area contributed by atoms with Crippen LogP contribution in [-0.4, -0.2) is 20.9 Å². The molecule has 7 heteroatoms. The number of hydrogen-bond donors (Lipinski definition) is 1. The van der Waals surface area contributed by atoms with E-state index < -0.39 is 15.9 Å². The minimum absolute atomic E-state index is 0.107. The highest BCUT2D eigenvalue weighted by Gasteiger charge is 2.28. The fourth-order valence-electron chi connectivity index (χ4n) is 3.06. The molecule has 0 aliphatic carbocycles. The first kappa shape index (κ1) is 21.9. The van der Waals surface area contributed by atoms with E-state index in [1.807, 2.05) is 31.2 Å². The summed E-state index contributed by atoms with van der Waals surface area (Å²) in [5.41, 5.74) is 3.10.